The molecule has 9 heteroatoms. The zero-order valence-electron chi connectivity index (χ0n) is 10.7. The molecule has 0 atom stereocenters. The first-order valence-electron chi connectivity index (χ1n) is 5.88. The minimum atomic E-state index is 0.303. The van der Waals surface area contributed by atoms with Crippen molar-refractivity contribution < 1.29 is 0 Å². The van der Waals surface area contributed by atoms with Crippen LogP contribution in [0.1, 0.15) is 12.0 Å². The average molecular weight is 280 g/mol. The Balaban J connectivity index is 1.57. The summed E-state index contributed by atoms with van der Waals surface area (Å²) in [6.45, 7) is 1.67. The number of tetrazole rings is 1. The summed E-state index contributed by atoms with van der Waals surface area (Å²) in [6, 6.07) is 0. The first kappa shape index (κ1) is 13.7. The third kappa shape index (κ3) is 4.45. The lowest BCUT2D eigenvalue weighted by Gasteiger charge is -2.04. The maximum absolute atomic E-state index is 5.42. The Morgan fingerprint density at radius 3 is 2.84 bits per heavy atom. The van der Waals surface area contributed by atoms with Crippen molar-refractivity contribution in [2.45, 2.75) is 18.1 Å². The minimum Gasteiger partial charge on any atom is -0.368 e. The van der Waals surface area contributed by atoms with Crippen LogP contribution in [0.2, 0.25) is 0 Å². The molecule has 0 aliphatic rings. The van der Waals surface area contributed by atoms with Gasteiger partial charge < -0.3 is 11.1 Å². The molecule has 2 heterocycles. The smallest absolute Gasteiger partial charge is 0.219 e. The van der Waals surface area contributed by atoms with E-state index in [1.54, 1.807) is 28.8 Å². The van der Waals surface area contributed by atoms with Gasteiger partial charge in [-0.2, -0.15) is 0 Å². The molecule has 102 valence electrons. The second kappa shape index (κ2) is 7.00. The van der Waals surface area contributed by atoms with E-state index in [2.05, 4.69) is 30.8 Å². The second-order valence-corrected chi connectivity index (χ2v) is 4.98. The van der Waals surface area contributed by atoms with Crippen LogP contribution in [-0.4, -0.2) is 42.5 Å². The van der Waals surface area contributed by atoms with Crippen LogP contribution in [0, 0.1) is 0 Å². The van der Waals surface area contributed by atoms with Gasteiger partial charge in [-0.15, -0.1) is 5.10 Å². The molecule has 8 nitrogen and oxygen atoms in total. The minimum absolute atomic E-state index is 0.303. The number of thioether (sulfide) groups is 1. The SMILES string of the molecule is Cn1nnnc1SCCCNCc1cnc(N)nc1. The van der Waals surface area contributed by atoms with Crippen molar-refractivity contribution in [2.24, 2.45) is 7.05 Å². The zero-order valence-corrected chi connectivity index (χ0v) is 11.5. The molecule has 0 aliphatic heterocycles. The predicted molar refractivity (Wildman–Crippen MR) is 72.3 cm³/mol. The molecule has 0 bridgehead atoms. The standard InChI is InChI=1S/C10H16N8S/c1-18-10(15-16-17-18)19-4-2-3-12-5-8-6-13-9(11)14-7-8/h6-7,12H,2-5H2,1H3,(H2,11,13,14). The molecular formula is C10H16N8S. The molecule has 2 aromatic heterocycles. The maximum atomic E-state index is 5.42. The first-order valence-corrected chi connectivity index (χ1v) is 6.86. The molecule has 0 saturated heterocycles. The van der Waals surface area contributed by atoms with Crippen LogP contribution in [0.4, 0.5) is 5.95 Å². The van der Waals surface area contributed by atoms with Crippen LogP contribution in [0.25, 0.3) is 0 Å². The van der Waals surface area contributed by atoms with E-state index in [1.165, 1.54) is 0 Å². The monoisotopic (exact) mass is 280 g/mol. The van der Waals surface area contributed by atoms with Crippen LogP contribution in [0.3, 0.4) is 0 Å². The lowest BCUT2D eigenvalue weighted by atomic mass is 10.3. The molecule has 3 N–H and O–H groups in total. The summed E-state index contributed by atoms with van der Waals surface area (Å²) in [6.07, 6.45) is 4.50. The summed E-state index contributed by atoms with van der Waals surface area (Å²) in [5.74, 6) is 1.27. The van der Waals surface area contributed by atoms with Gasteiger partial charge in [-0.3, -0.25) is 0 Å². The van der Waals surface area contributed by atoms with Crippen molar-refractivity contribution in [1.82, 2.24) is 35.5 Å². The fourth-order valence-electron chi connectivity index (χ4n) is 1.39. The topological polar surface area (TPSA) is 107 Å². The molecule has 0 radical (unpaired) electrons. The number of anilines is 1. The molecule has 19 heavy (non-hydrogen) atoms. The molecular weight excluding hydrogens is 264 g/mol. The molecule has 0 aliphatic carbocycles. The number of nitrogens with one attached hydrogen (secondary N) is 1. The summed E-state index contributed by atoms with van der Waals surface area (Å²) in [4.78, 5) is 7.87. The maximum Gasteiger partial charge on any atom is 0.219 e. The molecule has 2 aromatic rings. The number of aromatic nitrogens is 6. The molecule has 0 aromatic carbocycles. The quantitative estimate of drug-likeness (QED) is 0.533. The highest BCUT2D eigenvalue weighted by Gasteiger charge is 2.01. The van der Waals surface area contributed by atoms with Gasteiger partial charge in [0.05, 0.1) is 0 Å². The number of hydrogen-bond donors (Lipinski definition) is 2. The number of hydrogen-bond acceptors (Lipinski definition) is 8. The van der Waals surface area contributed by atoms with Crippen LogP contribution in [0.5, 0.6) is 0 Å². The van der Waals surface area contributed by atoms with Gasteiger partial charge in [0.1, 0.15) is 0 Å². The van der Waals surface area contributed by atoms with E-state index in [0.717, 1.165) is 36.0 Å². The van der Waals surface area contributed by atoms with Crippen LogP contribution in [-0.2, 0) is 13.6 Å². The van der Waals surface area contributed by atoms with E-state index in [4.69, 9.17) is 5.73 Å². The summed E-state index contributed by atoms with van der Waals surface area (Å²) in [5.41, 5.74) is 6.44. The first-order chi connectivity index (χ1) is 9.25. The van der Waals surface area contributed by atoms with Crippen LogP contribution >= 0.6 is 11.8 Å². The Labute approximate surface area is 115 Å². The predicted octanol–water partition coefficient (Wildman–Crippen LogP) is -0.146. The van der Waals surface area contributed by atoms with E-state index in [1.807, 2.05) is 7.05 Å². The highest BCUT2D eigenvalue weighted by molar-refractivity contribution is 7.99. The van der Waals surface area contributed by atoms with E-state index in [9.17, 15) is 0 Å². The highest BCUT2D eigenvalue weighted by atomic mass is 32.2. The lowest BCUT2D eigenvalue weighted by Crippen LogP contribution is -2.15. The number of nitrogen functional groups attached to an aromatic ring is 1. The number of rotatable bonds is 7. The van der Waals surface area contributed by atoms with E-state index in [0.29, 0.717) is 5.95 Å². The van der Waals surface area contributed by atoms with Gasteiger partial charge in [0.15, 0.2) is 0 Å². The summed E-state index contributed by atoms with van der Waals surface area (Å²) in [5, 5.41) is 15.4. The second-order valence-electron chi connectivity index (χ2n) is 3.91. The molecule has 0 spiro atoms. The van der Waals surface area contributed by atoms with Gasteiger partial charge >= 0.3 is 0 Å². The van der Waals surface area contributed by atoms with Crippen molar-refractivity contribution in [2.75, 3.05) is 18.0 Å². The van der Waals surface area contributed by atoms with Gasteiger partial charge in [-0.1, -0.05) is 11.8 Å². The van der Waals surface area contributed by atoms with Gasteiger partial charge in [0, 0.05) is 37.3 Å². The van der Waals surface area contributed by atoms with Crippen molar-refractivity contribution in [3.05, 3.63) is 18.0 Å². The molecule has 0 unspecified atom stereocenters. The Morgan fingerprint density at radius 2 is 2.16 bits per heavy atom. The normalized spacial score (nSPS) is 10.8. The Hall–Kier alpha value is -1.74. The number of nitrogens with two attached hydrogens (primary N) is 1. The van der Waals surface area contributed by atoms with Gasteiger partial charge in [-0.05, 0) is 23.4 Å². The van der Waals surface area contributed by atoms with E-state index >= 15 is 0 Å². The fourth-order valence-corrected chi connectivity index (χ4v) is 2.18. The summed E-state index contributed by atoms with van der Waals surface area (Å²) in [7, 11) is 1.84. The Bertz CT molecular complexity index is 496. The van der Waals surface area contributed by atoms with Crippen molar-refractivity contribution in [3.63, 3.8) is 0 Å². The van der Waals surface area contributed by atoms with Gasteiger partial charge in [0.2, 0.25) is 11.1 Å². The Morgan fingerprint density at radius 1 is 1.37 bits per heavy atom. The zero-order chi connectivity index (χ0) is 13.5. The van der Waals surface area contributed by atoms with Gasteiger partial charge in [0.25, 0.3) is 0 Å². The van der Waals surface area contributed by atoms with Crippen molar-refractivity contribution >= 4 is 17.7 Å². The van der Waals surface area contributed by atoms with E-state index in [-0.39, 0.29) is 0 Å². The lowest BCUT2D eigenvalue weighted by molar-refractivity contribution is 0.660. The number of aryl methyl sites for hydroxylation is 1. The van der Waals surface area contributed by atoms with E-state index < -0.39 is 0 Å². The van der Waals surface area contributed by atoms with Crippen molar-refractivity contribution in [3.8, 4) is 0 Å². The van der Waals surface area contributed by atoms with Crippen LogP contribution in [0.15, 0.2) is 17.6 Å². The summed E-state index contributed by atoms with van der Waals surface area (Å²) < 4.78 is 1.67. The number of nitrogens with zero attached hydrogens (tertiary/aromatic N) is 6. The van der Waals surface area contributed by atoms with Crippen molar-refractivity contribution in [1.29, 1.82) is 0 Å². The largest absolute Gasteiger partial charge is 0.368 e. The third-order valence-electron chi connectivity index (χ3n) is 2.36. The van der Waals surface area contributed by atoms with Gasteiger partial charge in [-0.25, -0.2) is 14.6 Å². The third-order valence-corrected chi connectivity index (χ3v) is 3.46. The molecule has 0 saturated carbocycles. The Kier molecular flexibility index (Phi) is 5.04. The van der Waals surface area contributed by atoms with Crippen LogP contribution < -0.4 is 11.1 Å². The molecule has 0 amide bonds. The molecule has 0 fully saturated rings. The fraction of sp³-hybridized carbons (Fsp3) is 0.500. The molecule has 2 rings (SSSR count). The summed E-state index contributed by atoms with van der Waals surface area (Å²) >= 11 is 1.65. The highest BCUT2D eigenvalue weighted by Crippen LogP contribution is 2.12. The average Bonchev–Trinajstić information content (AvgIpc) is 2.81.